The largest absolute Gasteiger partial charge is 0.496 e. The standard InChI is InChI=1S/C25H34O3/c1-9-17(4)22(23-18(5)11-10-14-25(23,6)7)20-13-12-19(15-21(20)27-8)24(26)28-16(2)3/h9,12-13,15-16H,1,10-11,14H2,2-8H3. The second-order valence-electron chi connectivity index (χ2n) is 8.52. The van der Waals surface area contributed by atoms with Crippen LogP contribution in [0, 0.1) is 5.41 Å². The van der Waals surface area contributed by atoms with Crippen molar-refractivity contribution in [2.75, 3.05) is 7.11 Å². The van der Waals surface area contributed by atoms with Gasteiger partial charge in [0.1, 0.15) is 5.75 Å². The topological polar surface area (TPSA) is 35.5 Å². The van der Waals surface area contributed by atoms with Gasteiger partial charge in [0.15, 0.2) is 0 Å². The molecule has 0 spiro atoms. The van der Waals surface area contributed by atoms with E-state index in [0.717, 1.165) is 29.6 Å². The van der Waals surface area contributed by atoms with Crippen molar-refractivity contribution in [1.29, 1.82) is 0 Å². The van der Waals surface area contributed by atoms with Crippen molar-refractivity contribution in [2.45, 2.75) is 66.9 Å². The lowest BCUT2D eigenvalue weighted by atomic mass is 9.68. The zero-order valence-corrected chi connectivity index (χ0v) is 18.4. The first-order chi connectivity index (χ1) is 13.1. The molecule has 1 aliphatic carbocycles. The molecule has 0 saturated heterocycles. The lowest BCUT2D eigenvalue weighted by molar-refractivity contribution is 0.0377. The normalized spacial score (nSPS) is 17.3. The Morgan fingerprint density at radius 1 is 1.29 bits per heavy atom. The molecule has 0 unspecified atom stereocenters. The van der Waals surface area contributed by atoms with Gasteiger partial charge in [-0.3, -0.25) is 0 Å². The molecule has 0 aliphatic heterocycles. The molecule has 1 aliphatic rings. The number of rotatable bonds is 6. The highest BCUT2D eigenvalue weighted by molar-refractivity contribution is 5.93. The van der Waals surface area contributed by atoms with Gasteiger partial charge < -0.3 is 9.47 Å². The predicted octanol–water partition coefficient (Wildman–Crippen LogP) is 6.75. The highest BCUT2D eigenvalue weighted by atomic mass is 16.5. The second kappa shape index (κ2) is 8.81. The minimum Gasteiger partial charge on any atom is -0.496 e. The van der Waals surface area contributed by atoms with Crippen LogP contribution in [0.5, 0.6) is 5.75 Å². The summed E-state index contributed by atoms with van der Waals surface area (Å²) in [6.45, 7) is 16.6. The summed E-state index contributed by atoms with van der Waals surface area (Å²) in [5.41, 5.74) is 6.62. The molecule has 152 valence electrons. The van der Waals surface area contributed by atoms with E-state index in [1.807, 2.05) is 32.1 Å². The van der Waals surface area contributed by atoms with Gasteiger partial charge in [0.05, 0.1) is 18.8 Å². The molecule has 0 atom stereocenters. The number of carbonyl (C=O) groups is 1. The van der Waals surface area contributed by atoms with E-state index in [4.69, 9.17) is 9.47 Å². The Labute approximate surface area is 170 Å². The van der Waals surface area contributed by atoms with Crippen LogP contribution in [0.4, 0.5) is 0 Å². The average molecular weight is 383 g/mol. The number of allylic oxidation sites excluding steroid dienone is 5. The van der Waals surface area contributed by atoms with Gasteiger partial charge in [0.2, 0.25) is 0 Å². The van der Waals surface area contributed by atoms with Crippen LogP contribution >= 0.6 is 0 Å². The van der Waals surface area contributed by atoms with E-state index in [9.17, 15) is 4.79 Å². The Kier molecular flexibility index (Phi) is 6.92. The summed E-state index contributed by atoms with van der Waals surface area (Å²) < 4.78 is 11.1. The number of hydrogen-bond acceptors (Lipinski definition) is 3. The van der Waals surface area contributed by atoms with E-state index in [1.165, 1.54) is 17.6 Å². The molecule has 3 heteroatoms. The van der Waals surface area contributed by atoms with Crippen LogP contribution in [0.3, 0.4) is 0 Å². The van der Waals surface area contributed by atoms with E-state index in [0.29, 0.717) is 11.3 Å². The minimum absolute atomic E-state index is 0.0716. The molecule has 1 aromatic rings. The molecule has 0 saturated carbocycles. The van der Waals surface area contributed by atoms with Crippen molar-refractivity contribution < 1.29 is 14.3 Å². The Morgan fingerprint density at radius 3 is 2.50 bits per heavy atom. The van der Waals surface area contributed by atoms with Gasteiger partial charge in [0.25, 0.3) is 0 Å². The van der Waals surface area contributed by atoms with E-state index < -0.39 is 0 Å². The number of methoxy groups -OCH3 is 1. The van der Waals surface area contributed by atoms with Crippen LogP contribution in [0.2, 0.25) is 0 Å². The monoisotopic (exact) mass is 382 g/mol. The van der Waals surface area contributed by atoms with Gasteiger partial charge in [-0.2, -0.15) is 0 Å². The quantitative estimate of drug-likeness (QED) is 0.403. The minimum atomic E-state index is -0.334. The Balaban J connectivity index is 2.67. The highest BCUT2D eigenvalue weighted by Gasteiger charge is 2.33. The van der Waals surface area contributed by atoms with Crippen LogP contribution in [0.15, 0.2) is 47.6 Å². The summed E-state index contributed by atoms with van der Waals surface area (Å²) in [6, 6.07) is 5.58. The van der Waals surface area contributed by atoms with E-state index >= 15 is 0 Å². The molecule has 0 amide bonds. The molecule has 2 rings (SSSR count). The van der Waals surface area contributed by atoms with Crippen LogP contribution in [0.1, 0.15) is 76.7 Å². The molecular weight excluding hydrogens is 348 g/mol. The summed E-state index contributed by atoms with van der Waals surface area (Å²) in [4.78, 5) is 12.3. The van der Waals surface area contributed by atoms with Crippen molar-refractivity contribution in [1.82, 2.24) is 0 Å². The van der Waals surface area contributed by atoms with Gasteiger partial charge >= 0.3 is 5.97 Å². The van der Waals surface area contributed by atoms with Crippen molar-refractivity contribution in [3.63, 3.8) is 0 Å². The van der Waals surface area contributed by atoms with Crippen molar-refractivity contribution in [2.24, 2.45) is 5.41 Å². The fraction of sp³-hybridized carbons (Fsp3) is 0.480. The summed E-state index contributed by atoms with van der Waals surface area (Å²) >= 11 is 0. The first-order valence-corrected chi connectivity index (χ1v) is 10.1. The molecule has 0 bridgehead atoms. The lowest BCUT2D eigenvalue weighted by Gasteiger charge is -2.37. The third kappa shape index (κ3) is 4.57. The van der Waals surface area contributed by atoms with E-state index in [-0.39, 0.29) is 17.5 Å². The second-order valence-corrected chi connectivity index (χ2v) is 8.52. The third-order valence-electron chi connectivity index (χ3n) is 5.46. The maximum absolute atomic E-state index is 12.3. The average Bonchev–Trinajstić information content (AvgIpc) is 2.63. The molecular formula is C25H34O3. The molecule has 0 radical (unpaired) electrons. The summed E-state index contributed by atoms with van der Waals surface area (Å²) in [6.07, 6.45) is 5.20. The molecule has 3 nitrogen and oxygen atoms in total. The van der Waals surface area contributed by atoms with E-state index in [2.05, 4.69) is 34.3 Å². The molecule has 0 aromatic heterocycles. The first-order valence-electron chi connectivity index (χ1n) is 10.1. The Hall–Kier alpha value is -2.29. The van der Waals surface area contributed by atoms with Crippen molar-refractivity contribution in [3.05, 3.63) is 58.7 Å². The maximum atomic E-state index is 12.3. The summed E-state index contributed by atoms with van der Waals surface area (Å²) in [5.74, 6) is 0.343. The fourth-order valence-corrected chi connectivity index (χ4v) is 4.13. The van der Waals surface area contributed by atoms with Gasteiger partial charge in [-0.25, -0.2) is 4.79 Å². The van der Waals surface area contributed by atoms with Crippen LogP contribution in [0.25, 0.3) is 5.57 Å². The van der Waals surface area contributed by atoms with Gasteiger partial charge in [-0.1, -0.05) is 32.1 Å². The molecule has 0 heterocycles. The Bertz CT molecular complexity index is 822. The lowest BCUT2D eigenvalue weighted by Crippen LogP contribution is -2.22. The number of esters is 1. The number of carbonyl (C=O) groups excluding carboxylic acids is 1. The molecule has 1 aromatic carbocycles. The number of benzene rings is 1. The molecule has 28 heavy (non-hydrogen) atoms. The zero-order chi connectivity index (χ0) is 21.1. The summed E-state index contributed by atoms with van der Waals surface area (Å²) in [5, 5.41) is 0. The SMILES string of the molecule is C=CC(C)=C(C1=C(C)CCCC1(C)C)c1ccc(C(=O)OC(C)C)cc1OC. The zero-order valence-electron chi connectivity index (χ0n) is 18.4. The fourth-order valence-electron chi connectivity index (χ4n) is 4.13. The first kappa shape index (κ1) is 22.0. The highest BCUT2D eigenvalue weighted by Crippen LogP contribution is 2.49. The number of hydrogen-bond donors (Lipinski definition) is 0. The summed E-state index contributed by atoms with van der Waals surface area (Å²) in [7, 11) is 1.64. The van der Waals surface area contributed by atoms with Crippen LogP contribution in [-0.2, 0) is 4.74 Å². The van der Waals surface area contributed by atoms with E-state index in [1.54, 1.807) is 13.2 Å². The van der Waals surface area contributed by atoms with Gasteiger partial charge in [0, 0.05) is 5.56 Å². The smallest absolute Gasteiger partial charge is 0.338 e. The van der Waals surface area contributed by atoms with Crippen molar-refractivity contribution in [3.8, 4) is 5.75 Å². The molecule has 0 N–H and O–H groups in total. The Morgan fingerprint density at radius 2 is 1.96 bits per heavy atom. The van der Waals surface area contributed by atoms with Gasteiger partial charge in [-0.15, -0.1) is 0 Å². The maximum Gasteiger partial charge on any atom is 0.338 e. The van der Waals surface area contributed by atoms with Crippen molar-refractivity contribution >= 4 is 11.5 Å². The predicted molar refractivity (Wildman–Crippen MR) is 117 cm³/mol. The van der Waals surface area contributed by atoms with Gasteiger partial charge in [-0.05, 0) is 87.3 Å². The molecule has 0 fully saturated rings. The van der Waals surface area contributed by atoms with Crippen LogP contribution < -0.4 is 4.74 Å². The third-order valence-corrected chi connectivity index (χ3v) is 5.46. The van der Waals surface area contributed by atoms with Crippen LogP contribution in [-0.4, -0.2) is 19.2 Å². The number of ether oxygens (including phenoxy) is 2.